The molecule has 0 saturated carbocycles. The van der Waals surface area contributed by atoms with E-state index in [0.717, 1.165) is 24.0 Å². The van der Waals surface area contributed by atoms with Crippen LogP contribution >= 0.6 is 0 Å². The van der Waals surface area contributed by atoms with Crippen LogP contribution in [0.5, 0.6) is 11.5 Å². The summed E-state index contributed by atoms with van der Waals surface area (Å²) < 4.78 is 5.21. The summed E-state index contributed by atoms with van der Waals surface area (Å²) in [5.41, 5.74) is 2.19. The fraction of sp³-hybridized carbons (Fsp3) is 0.190. The molecule has 0 amide bonds. The maximum absolute atomic E-state index is 11.9. The third-order valence-corrected chi connectivity index (χ3v) is 3.53. The lowest BCUT2D eigenvalue weighted by Crippen LogP contribution is -2.05. The summed E-state index contributed by atoms with van der Waals surface area (Å²) in [6.07, 6.45) is 9.42. The van der Waals surface area contributed by atoms with E-state index in [2.05, 4.69) is 6.92 Å². The first kappa shape index (κ1) is 18.3. The number of hydrogen-bond donors (Lipinski definition) is 2. The molecule has 0 heterocycles. The van der Waals surface area contributed by atoms with E-state index in [9.17, 15) is 15.0 Å². The largest absolute Gasteiger partial charge is 0.504 e. The molecular weight excluding hydrogens is 316 g/mol. The SMILES string of the molecule is CCC=CCCOC(=O)c1ccc(C=Cc2ccc(O)c(O)c2)cc1. The van der Waals surface area contributed by atoms with Gasteiger partial charge >= 0.3 is 5.97 Å². The number of allylic oxidation sites excluding steroid dienone is 1. The van der Waals surface area contributed by atoms with Gasteiger partial charge in [0.1, 0.15) is 0 Å². The van der Waals surface area contributed by atoms with Gasteiger partial charge in [-0.3, -0.25) is 0 Å². The average molecular weight is 338 g/mol. The summed E-state index contributed by atoms with van der Waals surface area (Å²) in [5.74, 6) is -0.636. The highest BCUT2D eigenvalue weighted by molar-refractivity contribution is 5.89. The van der Waals surface area contributed by atoms with Crippen molar-refractivity contribution < 1.29 is 19.7 Å². The van der Waals surface area contributed by atoms with Gasteiger partial charge in [0.25, 0.3) is 0 Å². The topological polar surface area (TPSA) is 66.8 Å². The van der Waals surface area contributed by atoms with Gasteiger partial charge in [-0.2, -0.15) is 0 Å². The molecule has 2 N–H and O–H groups in total. The van der Waals surface area contributed by atoms with Crippen molar-refractivity contribution in [3.8, 4) is 11.5 Å². The molecule has 4 nitrogen and oxygen atoms in total. The molecule has 0 fully saturated rings. The van der Waals surface area contributed by atoms with Crippen LogP contribution in [0.4, 0.5) is 0 Å². The highest BCUT2D eigenvalue weighted by Crippen LogP contribution is 2.25. The first-order valence-corrected chi connectivity index (χ1v) is 8.22. The standard InChI is InChI=1S/C21H22O4/c1-2-3-4-5-14-25-21(24)18-11-8-16(9-12-18)6-7-17-10-13-19(22)20(23)15-17/h3-4,6-13,15,22-23H,2,5,14H2,1H3. The average Bonchev–Trinajstić information content (AvgIpc) is 2.63. The van der Waals surface area contributed by atoms with E-state index in [1.165, 1.54) is 12.1 Å². The smallest absolute Gasteiger partial charge is 0.338 e. The molecule has 0 aliphatic carbocycles. The van der Waals surface area contributed by atoms with E-state index in [1.807, 2.05) is 36.4 Å². The number of carbonyl (C=O) groups excluding carboxylic acids is 1. The lowest BCUT2D eigenvalue weighted by atomic mass is 10.1. The zero-order valence-corrected chi connectivity index (χ0v) is 14.2. The number of aromatic hydroxyl groups is 2. The molecule has 0 spiro atoms. The van der Waals surface area contributed by atoms with Crippen molar-refractivity contribution in [1.29, 1.82) is 0 Å². The molecule has 2 aromatic rings. The van der Waals surface area contributed by atoms with Crippen LogP contribution in [0, 0.1) is 0 Å². The summed E-state index contributed by atoms with van der Waals surface area (Å²) in [5, 5.41) is 18.8. The van der Waals surface area contributed by atoms with E-state index in [4.69, 9.17) is 4.74 Å². The van der Waals surface area contributed by atoms with Crippen molar-refractivity contribution in [3.63, 3.8) is 0 Å². The fourth-order valence-corrected chi connectivity index (χ4v) is 2.15. The molecule has 0 saturated heterocycles. The van der Waals surface area contributed by atoms with Crippen LogP contribution < -0.4 is 0 Å². The third kappa shape index (κ3) is 5.84. The minimum absolute atomic E-state index is 0.148. The van der Waals surface area contributed by atoms with Crippen LogP contribution in [0.15, 0.2) is 54.6 Å². The molecule has 25 heavy (non-hydrogen) atoms. The first-order chi connectivity index (χ1) is 12.1. The van der Waals surface area contributed by atoms with E-state index >= 15 is 0 Å². The van der Waals surface area contributed by atoms with E-state index < -0.39 is 0 Å². The molecule has 0 aromatic heterocycles. The van der Waals surface area contributed by atoms with Crippen LogP contribution in [0.2, 0.25) is 0 Å². The summed E-state index contributed by atoms with van der Waals surface area (Å²) in [6.45, 7) is 2.43. The Kier molecular flexibility index (Phi) is 6.84. The molecule has 0 bridgehead atoms. The summed E-state index contributed by atoms with van der Waals surface area (Å²) >= 11 is 0. The van der Waals surface area contributed by atoms with Crippen LogP contribution in [0.25, 0.3) is 12.2 Å². The minimum Gasteiger partial charge on any atom is -0.504 e. The number of rotatable bonds is 7. The van der Waals surface area contributed by atoms with Gasteiger partial charge in [0.2, 0.25) is 0 Å². The molecule has 2 rings (SSSR count). The van der Waals surface area contributed by atoms with Crippen molar-refractivity contribution in [3.05, 3.63) is 71.3 Å². The van der Waals surface area contributed by atoms with Gasteiger partial charge in [0, 0.05) is 0 Å². The van der Waals surface area contributed by atoms with Crippen molar-refractivity contribution in [2.75, 3.05) is 6.61 Å². The summed E-state index contributed by atoms with van der Waals surface area (Å²) in [6, 6.07) is 11.7. The van der Waals surface area contributed by atoms with E-state index in [1.54, 1.807) is 18.2 Å². The Labute approximate surface area is 147 Å². The van der Waals surface area contributed by atoms with Gasteiger partial charge in [-0.05, 0) is 48.2 Å². The van der Waals surface area contributed by atoms with Gasteiger partial charge in [-0.15, -0.1) is 0 Å². The molecule has 0 radical (unpaired) electrons. The number of phenolic OH excluding ortho intramolecular Hbond substituents is 2. The molecular formula is C21H22O4. The predicted molar refractivity (Wildman–Crippen MR) is 99.5 cm³/mol. The Hall–Kier alpha value is -3.01. The zero-order valence-electron chi connectivity index (χ0n) is 14.2. The lowest BCUT2D eigenvalue weighted by Gasteiger charge is -2.03. The number of hydrogen-bond acceptors (Lipinski definition) is 4. The first-order valence-electron chi connectivity index (χ1n) is 8.22. The predicted octanol–water partition coefficient (Wildman–Crippen LogP) is 4.78. The Morgan fingerprint density at radius 3 is 2.32 bits per heavy atom. The highest BCUT2D eigenvalue weighted by Gasteiger charge is 2.05. The number of esters is 1. The van der Waals surface area contributed by atoms with Crippen molar-refractivity contribution in [1.82, 2.24) is 0 Å². The molecule has 130 valence electrons. The van der Waals surface area contributed by atoms with Crippen LogP contribution in [-0.4, -0.2) is 22.8 Å². The second-order valence-corrected chi connectivity index (χ2v) is 5.51. The van der Waals surface area contributed by atoms with Crippen molar-refractivity contribution >= 4 is 18.1 Å². The van der Waals surface area contributed by atoms with E-state index in [0.29, 0.717) is 12.2 Å². The van der Waals surface area contributed by atoms with Gasteiger partial charge in [-0.1, -0.05) is 49.4 Å². The van der Waals surface area contributed by atoms with Gasteiger partial charge < -0.3 is 14.9 Å². The second kappa shape index (κ2) is 9.33. The number of benzene rings is 2. The van der Waals surface area contributed by atoms with Gasteiger partial charge in [-0.25, -0.2) is 4.79 Å². The Bertz CT molecular complexity index is 758. The lowest BCUT2D eigenvalue weighted by molar-refractivity contribution is 0.0511. The number of carbonyl (C=O) groups is 1. The molecule has 0 unspecified atom stereocenters. The summed E-state index contributed by atoms with van der Waals surface area (Å²) in [4.78, 5) is 11.9. The highest BCUT2D eigenvalue weighted by atomic mass is 16.5. The minimum atomic E-state index is -0.330. The molecule has 0 aliphatic heterocycles. The third-order valence-electron chi connectivity index (χ3n) is 3.53. The van der Waals surface area contributed by atoms with Crippen LogP contribution in [0.3, 0.4) is 0 Å². The fourth-order valence-electron chi connectivity index (χ4n) is 2.15. The Balaban J connectivity index is 1.92. The normalized spacial score (nSPS) is 11.2. The van der Waals surface area contributed by atoms with Crippen molar-refractivity contribution in [2.24, 2.45) is 0 Å². The number of ether oxygens (including phenoxy) is 1. The van der Waals surface area contributed by atoms with Gasteiger partial charge in [0.05, 0.1) is 12.2 Å². The quantitative estimate of drug-likeness (QED) is 0.251. The van der Waals surface area contributed by atoms with Crippen LogP contribution in [-0.2, 0) is 4.74 Å². The van der Waals surface area contributed by atoms with E-state index in [-0.39, 0.29) is 17.5 Å². The van der Waals surface area contributed by atoms with Crippen molar-refractivity contribution in [2.45, 2.75) is 19.8 Å². The number of phenols is 2. The molecule has 2 aromatic carbocycles. The Morgan fingerprint density at radius 2 is 1.64 bits per heavy atom. The van der Waals surface area contributed by atoms with Gasteiger partial charge in [0.15, 0.2) is 11.5 Å². The zero-order chi connectivity index (χ0) is 18.1. The molecule has 4 heteroatoms. The monoisotopic (exact) mass is 338 g/mol. The molecule has 0 aliphatic rings. The van der Waals surface area contributed by atoms with Crippen LogP contribution in [0.1, 0.15) is 41.3 Å². The maximum atomic E-state index is 11.9. The molecule has 0 atom stereocenters. The Morgan fingerprint density at radius 1 is 0.960 bits per heavy atom. The summed E-state index contributed by atoms with van der Waals surface area (Å²) in [7, 11) is 0. The maximum Gasteiger partial charge on any atom is 0.338 e. The second-order valence-electron chi connectivity index (χ2n) is 5.51.